The van der Waals surface area contributed by atoms with Gasteiger partial charge in [0.25, 0.3) is 11.7 Å². The Morgan fingerprint density at radius 1 is 0.865 bits per heavy atom. The minimum absolute atomic E-state index is 0.0178. The van der Waals surface area contributed by atoms with Gasteiger partial charge in [-0.2, -0.15) is 0 Å². The Bertz CT molecular complexity index is 1380. The molecule has 1 fully saturated rings. The smallest absolute Gasteiger partial charge is 0.295 e. The number of benzene rings is 3. The number of ether oxygens (including phenoxy) is 4. The van der Waals surface area contributed by atoms with Crippen molar-refractivity contribution in [1.29, 1.82) is 0 Å². The average molecular weight is 568 g/mol. The third-order valence-electron chi connectivity index (χ3n) is 6.18. The molecule has 1 amide bonds. The Labute approximate surface area is 223 Å². The number of ketones is 1. The first-order valence-corrected chi connectivity index (χ1v) is 12.1. The largest absolute Gasteiger partial charge is 0.507 e. The summed E-state index contributed by atoms with van der Waals surface area (Å²) < 4.78 is 22.0. The van der Waals surface area contributed by atoms with E-state index in [0.29, 0.717) is 38.6 Å². The van der Waals surface area contributed by atoms with E-state index in [1.54, 1.807) is 60.7 Å². The summed E-state index contributed by atoms with van der Waals surface area (Å²) in [5.41, 5.74) is 1.69. The van der Waals surface area contributed by atoms with Crippen LogP contribution in [-0.2, 0) is 16.1 Å². The number of rotatable bonds is 8. The van der Waals surface area contributed by atoms with Crippen LogP contribution in [0.3, 0.4) is 0 Å². The molecule has 1 aliphatic heterocycles. The molecule has 1 atom stereocenters. The summed E-state index contributed by atoms with van der Waals surface area (Å²) in [4.78, 5) is 28.2. The van der Waals surface area contributed by atoms with Gasteiger partial charge in [-0.15, -0.1) is 0 Å². The van der Waals surface area contributed by atoms with Gasteiger partial charge in [0.05, 0.1) is 44.5 Å². The van der Waals surface area contributed by atoms with E-state index >= 15 is 0 Å². The standard InChI is InChI=1S/C28H26BrNO7/c1-34-19-7-5-6-17(13-19)25-24(26(31)18-9-11-21(35-2)20(29)14-18)27(32)28(33)30(25)15-16-8-10-22(36-3)23(12-16)37-4/h5-14,25,31H,15H2,1-4H3/b26-24-. The number of amides is 1. The molecular weight excluding hydrogens is 542 g/mol. The third kappa shape index (κ3) is 4.99. The number of aliphatic hydroxyl groups excluding tert-OH is 1. The van der Waals surface area contributed by atoms with E-state index in [1.165, 1.54) is 33.3 Å². The third-order valence-corrected chi connectivity index (χ3v) is 6.80. The van der Waals surface area contributed by atoms with E-state index < -0.39 is 17.7 Å². The van der Waals surface area contributed by atoms with Crippen molar-refractivity contribution in [2.45, 2.75) is 12.6 Å². The van der Waals surface area contributed by atoms with Crippen molar-refractivity contribution in [1.82, 2.24) is 4.90 Å². The Hall–Kier alpha value is -3.98. The maximum Gasteiger partial charge on any atom is 0.295 e. The van der Waals surface area contributed by atoms with Gasteiger partial charge in [-0.3, -0.25) is 9.59 Å². The van der Waals surface area contributed by atoms with E-state index in [1.807, 2.05) is 0 Å². The summed E-state index contributed by atoms with van der Waals surface area (Å²) in [7, 11) is 6.13. The van der Waals surface area contributed by atoms with E-state index in [0.717, 1.165) is 5.56 Å². The van der Waals surface area contributed by atoms with Gasteiger partial charge in [0.1, 0.15) is 17.3 Å². The van der Waals surface area contributed by atoms with E-state index in [-0.39, 0.29) is 17.9 Å². The molecule has 1 heterocycles. The molecule has 1 N–H and O–H groups in total. The lowest BCUT2D eigenvalue weighted by Gasteiger charge is -2.26. The monoisotopic (exact) mass is 567 g/mol. The molecule has 0 saturated carbocycles. The molecule has 8 nitrogen and oxygen atoms in total. The zero-order valence-corrected chi connectivity index (χ0v) is 22.4. The molecule has 0 spiro atoms. The fourth-order valence-corrected chi connectivity index (χ4v) is 4.89. The number of aliphatic hydroxyl groups is 1. The van der Waals surface area contributed by atoms with Crippen molar-refractivity contribution >= 4 is 33.4 Å². The van der Waals surface area contributed by atoms with Crippen molar-refractivity contribution in [3.63, 3.8) is 0 Å². The number of carbonyl (C=O) groups excluding carboxylic acids is 2. The first-order chi connectivity index (χ1) is 17.8. The molecule has 0 aromatic heterocycles. The number of halogens is 1. The molecule has 0 radical (unpaired) electrons. The van der Waals surface area contributed by atoms with Crippen LogP contribution in [0.2, 0.25) is 0 Å². The summed E-state index contributed by atoms with van der Waals surface area (Å²) in [5.74, 6) is 0.371. The lowest BCUT2D eigenvalue weighted by molar-refractivity contribution is -0.140. The topological polar surface area (TPSA) is 94.5 Å². The highest BCUT2D eigenvalue weighted by Crippen LogP contribution is 2.42. The van der Waals surface area contributed by atoms with Crippen LogP contribution in [0, 0.1) is 0 Å². The Morgan fingerprint density at radius 2 is 1.57 bits per heavy atom. The molecule has 1 aliphatic rings. The lowest BCUT2D eigenvalue weighted by atomic mass is 9.95. The molecule has 3 aromatic carbocycles. The zero-order chi connectivity index (χ0) is 26.7. The predicted molar refractivity (Wildman–Crippen MR) is 141 cm³/mol. The van der Waals surface area contributed by atoms with Gasteiger partial charge >= 0.3 is 0 Å². The van der Waals surface area contributed by atoms with Gasteiger partial charge in [0, 0.05) is 12.1 Å². The van der Waals surface area contributed by atoms with Gasteiger partial charge in [-0.1, -0.05) is 18.2 Å². The minimum atomic E-state index is -0.857. The Kier molecular flexibility index (Phi) is 7.73. The second-order valence-electron chi connectivity index (χ2n) is 8.24. The van der Waals surface area contributed by atoms with E-state index in [2.05, 4.69) is 15.9 Å². The quantitative estimate of drug-likeness (QED) is 0.230. The van der Waals surface area contributed by atoms with E-state index in [4.69, 9.17) is 18.9 Å². The summed E-state index contributed by atoms with van der Waals surface area (Å²) in [6.07, 6.45) is 0. The second-order valence-corrected chi connectivity index (χ2v) is 9.10. The maximum absolute atomic E-state index is 13.4. The first kappa shape index (κ1) is 26.1. The number of Topliss-reactive ketones (excluding diaryl/α,β-unsaturated/α-hetero) is 1. The van der Waals surface area contributed by atoms with Crippen LogP contribution < -0.4 is 18.9 Å². The number of nitrogens with zero attached hydrogens (tertiary/aromatic N) is 1. The second kappa shape index (κ2) is 11.0. The highest BCUT2D eigenvalue weighted by Gasteiger charge is 2.46. The number of likely N-dealkylation sites (tertiary alicyclic amines) is 1. The van der Waals surface area contributed by atoms with Crippen molar-refractivity contribution < 1.29 is 33.6 Å². The molecular formula is C28H26BrNO7. The van der Waals surface area contributed by atoms with Crippen LogP contribution >= 0.6 is 15.9 Å². The maximum atomic E-state index is 13.4. The van der Waals surface area contributed by atoms with Gasteiger partial charge in [-0.25, -0.2) is 0 Å². The van der Waals surface area contributed by atoms with Crippen molar-refractivity contribution in [2.24, 2.45) is 0 Å². The molecule has 3 aromatic rings. The van der Waals surface area contributed by atoms with Crippen LogP contribution in [0.25, 0.3) is 5.76 Å². The normalized spacial score (nSPS) is 16.6. The molecule has 1 unspecified atom stereocenters. The lowest BCUT2D eigenvalue weighted by Crippen LogP contribution is -2.29. The molecule has 9 heteroatoms. The van der Waals surface area contributed by atoms with Gasteiger partial charge in [0.2, 0.25) is 0 Å². The van der Waals surface area contributed by atoms with Gasteiger partial charge < -0.3 is 29.0 Å². The number of hydrogen-bond donors (Lipinski definition) is 1. The molecule has 4 rings (SSSR count). The van der Waals surface area contributed by atoms with Gasteiger partial charge in [0.15, 0.2) is 11.5 Å². The zero-order valence-electron chi connectivity index (χ0n) is 20.8. The van der Waals surface area contributed by atoms with Crippen molar-refractivity contribution in [3.05, 3.63) is 87.4 Å². The molecule has 192 valence electrons. The molecule has 1 saturated heterocycles. The fourth-order valence-electron chi connectivity index (χ4n) is 4.35. The van der Waals surface area contributed by atoms with Crippen LogP contribution in [0.15, 0.2) is 70.7 Å². The van der Waals surface area contributed by atoms with Crippen molar-refractivity contribution in [2.75, 3.05) is 28.4 Å². The van der Waals surface area contributed by atoms with Crippen LogP contribution in [0.1, 0.15) is 22.7 Å². The summed E-state index contributed by atoms with van der Waals surface area (Å²) in [6, 6.07) is 16.4. The highest BCUT2D eigenvalue weighted by molar-refractivity contribution is 9.10. The molecule has 0 aliphatic carbocycles. The summed E-state index contributed by atoms with van der Waals surface area (Å²) in [5, 5.41) is 11.3. The van der Waals surface area contributed by atoms with E-state index in [9.17, 15) is 14.7 Å². The van der Waals surface area contributed by atoms with Crippen molar-refractivity contribution in [3.8, 4) is 23.0 Å². The Morgan fingerprint density at radius 3 is 2.22 bits per heavy atom. The van der Waals surface area contributed by atoms with Crippen LogP contribution in [0.4, 0.5) is 0 Å². The van der Waals surface area contributed by atoms with Crippen LogP contribution in [-0.4, -0.2) is 50.1 Å². The summed E-state index contributed by atoms with van der Waals surface area (Å²) in [6.45, 7) is 0.0931. The minimum Gasteiger partial charge on any atom is -0.507 e. The Balaban J connectivity index is 1.86. The highest BCUT2D eigenvalue weighted by atomic mass is 79.9. The first-order valence-electron chi connectivity index (χ1n) is 11.3. The number of hydrogen-bond acceptors (Lipinski definition) is 7. The average Bonchev–Trinajstić information content (AvgIpc) is 3.17. The number of carbonyl (C=O) groups is 2. The molecule has 0 bridgehead atoms. The number of methoxy groups -OCH3 is 4. The van der Waals surface area contributed by atoms with Gasteiger partial charge in [-0.05, 0) is 69.5 Å². The van der Waals surface area contributed by atoms with Crippen LogP contribution in [0.5, 0.6) is 23.0 Å². The predicted octanol–water partition coefficient (Wildman–Crippen LogP) is 5.11. The SMILES string of the molecule is COc1cccc(C2/C(=C(/O)c3ccc(OC)c(Br)c3)C(=O)C(=O)N2Cc2ccc(OC)c(OC)c2)c1. The summed E-state index contributed by atoms with van der Waals surface area (Å²) >= 11 is 3.41. The fraction of sp³-hybridized carbons (Fsp3) is 0.214. The molecule has 37 heavy (non-hydrogen) atoms.